The first-order valence-electron chi connectivity index (χ1n) is 7.44. The molecule has 2 aromatic rings. The molecule has 4 nitrogen and oxygen atoms in total. The van der Waals surface area contributed by atoms with Gasteiger partial charge in [-0.3, -0.25) is 0 Å². The van der Waals surface area contributed by atoms with Gasteiger partial charge in [-0.2, -0.15) is 0 Å². The molecule has 1 saturated carbocycles. The summed E-state index contributed by atoms with van der Waals surface area (Å²) in [6.07, 6.45) is 5.42. The van der Waals surface area contributed by atoms with E-state index in [9.17, 15) is 0 Å². The fourth-order valence-corrected chi connectivity index (χ4v) is 2.89. The predicted molar refractivity (Wildman–Crippen MR) is 78.0 cm³/mol. The fourth-order valence-electron chi connectivity index (χ4n) is 2.89. The molecule has 0 unspecified atom stereocenters. The minimum atomic E-state index is 0.518. The summed E-state index contributed by atoms with van der Waals surface area (Å²) in [6, 6.07) is 10.4. The Bertz CT molecular complexity index is 532. The molecule has 0 saturated heterocycles. The Kier molecular flexibility index (Phi) is 4.11. The van der Waals surface area contributed by atoms with Crippen LogP contribution in [0.3, 0.4) is 0 Å². The molecule has 0 spiro atoms. The Balaban J connectivity index is 1.57. The number of nitrogens with zero attached hydrogens (tertiary/aromatic N) is 2. The lowest BCUT2D eigenvalue weighted by Crippen LogP contribution is -2.31. The number of rotatable bonds is 5. The smallest absolute Gasteiger partial charge is 0.247 e. The largest absolute Gasteiger partial charge is 0.419 e. The van der Waals surface area contributed by atoms with Crippen LogP contribution in [0, 0.1) is 5.92 Å². The van der Waals surface area contributed by atoms with Gasteiger partial charge in [-0.1, -0.05) is 31.0 Å². The van der Waals surface area contributed by atoms with Gasteiger partial charge in [-0.25, -0.2) is 0 Å². The van der Waals surface area contributed by atoms with Crippen molar-refractivity contribution in [1.82, 2.24) is 15.5 Å². The Morgan fingerprint density at radius 3 is 2.70 bits per heavy atom. The van der Waals surface area contributed by atoms with Crippen molar-refractivity contribution in [3.8, 4) is 11.5 Å². The molecule has 1 aromatic carbocycles. The van der Waals surface area contributed by atoms with Gasteiger partial charge in [0.25, 0.3) is 0 Å². The van der Waals surface area contributed by atoms with Gasteiger partial charge in [0.05, 0.1) is 6.54 Å². The second kappa shape index (κ2) is 6.18. The van der Waals surface area contributed by atoms with E-state index in [-0.39, 0.29) is 0 Å². The molecule has 4 heteroatoms. The quantitative estimate of drug-likeness (QED) is 0.905. The van der Waals surface area contributed by atoms with Gasteiger partial charge in [0, 0.05) is 11.6 Å². The second-order valence-corrected chi connectivity index (χ2v) is 5.58. The maximum atomic E-state index is 5.70. The van der Waals surface area contributed by atoms with Gasteiger partial charge in [0.2, 0.25) is 11.8 Å². The molecule has 1 atom stereocenters. The van der Waals surface area contributed by atoms with Crippen molar-refractivity contribution in [3.63, 3.8) is 0 Å². The molecule has 0 bridgehead atoms. The lowest BCUT2D eigenvalue weighted by molar-refractivity contribution is 0.360. The summed E-state index contributed by atoms with van der Waals surface area (Å²) in [6.45, 7) is 2.90. The standard InChI is InChI=1S/C16H21N3O/c1-12(13-7-5-6-8-13)17-11-15-18-19-16(20-15)14-9-3-2-4-10-14/h2-4,9-10,12-13,17H,5-8,11H2,1H3/t12-/m0/s1. The molecule has 1 N–H and O–H groups in total. The van der Waals surface area contributed by atoms with Crippen LogP contribution in [0.1, 0.15) is 38.5 Å². The average molecular weight is 271 g/mol. The number of hydrogen-bond acceptors (Lipinski definition) is 4. The van der Waals surface area contributed by atoms with Gasteiger partial charge < -0.3 is 9.73 Å². The third-order valence-corrected chi connectivity index (χ3v) is 4.17. The van der Waals surface area contributed by atoms with E-state index in [1.54, 1.807) is 0 Å². The Morgan fingerprint density at radius 2 is 1.95 bits per heavy atom. The van der Waals surface area contributed by atoms with Gasteiger partial charge >= 0.3 is 0 Å². The molecule has 1 aromatic heterocycles. The topological polar surface area (TPSA) is 51.0 Å². The lowest BCUT2D eigenvalue weighted by atomic mass is 10.00. The van der Waals surface area contributed by atoms with E-state index < -0.39 is 0 Å². The highest BCUT2D eigenvalue weighted by molar-refractivity contribution is 5.51. The summed E-state index contributed by atoms with van der Waals surface area (Å²) in [5.74, 6) is 2.05. The number of hydrogen-bond donors (Lipinski definition) is 1. The number of aromatic nitrogens is 2. The van der Waals surface area contributed by atoms with Crippen molar-refractivity contribution in [3.05, 3.63) is 36.2 Å². The monoisotopic (exact) mass is 271 g/mol. The maximum Gasteiger partial charge on any atom is 0.247 e. The summed E-state index contributed by atoms with van der Waals surface area (Å²) in [4.78, 5) is 0. The Labute approximate surface area is 119 Å². The van der Waals surface area contributed by atoms with E-state index in [4.69, 9.17) is 4.42 Å². The van der Waals surface area contributed by atoms with Crippen LogP contribution in [-0.4, -0.2) is 16.2 Å². The van der Waals surface area contributed by atoms with Crippen molar-refractivity contribution in [2.24, 2.45) is 5.92 Å². The minimum absolute atomic E-state index is 0.518. The summed E-state index contributed by atoms with van der Waals surface area (Å²) < 4.78 is 5.70. The first-order chi connectivity index (χ1) is 9.83. The van der Waals surface area contributed by atoms with E-state index in [0.29, 0.717) is 24.4 Å². The zero-order valence-electron chi connectivity index (χ0n) is 11.9. The van der Waals surface area contributed by atoms with Crippen molar-refractivity contribution < 1.29 is 4.42 Å². The molecule has 1 aliphatic rings. The van der Waals surface area contributed by atoms with E-state index in [0.717, 1.165) is 11.5 Å². The lowest BCUT2D eigenvalue weighted by Gasteiger charge is -2.19. The van der Waals surface area contributed by atoms with Crippen molar-refractivity contribution in [2.45, 2.75) is 45.2 Å². The van der Waals surface area contributed by atoms with Crippen molar-refractivity contribution in [2.75, 3.05) is 0 Å². The van der Waals surface area contributed by atoms with E-state index in [1.807, 2.05) is 30.3 Å². The van der Waals surface area contributed by atoms with Gasteiger partial charge in [0.15, 0.2) is 0 Å². The molecular weight excluding hydrogens is 250 g/mol. The predicted octanol–water partition coefficient (Wildman–Crippen LogP) is 3.40. The fraction of sp³-hybridized carbons (Fsp3) is 0.500. The van der Waals surface area contributed by atoms with Gasteiger partial charge in [-0.15, -0.1) is 10.2 Å². The zero-order valence-corrected chi connectivity index (χ0v) is 11.9. The third-order valence-electron chi connectivity index (χ3n) is 4.17. The molecule has 3 rings (SSSR count). The van der Waals surface area contributed by atoms with Crippen LogP contribution in [0.15, 0.2) is 34.7 Å². The van der Waals surface area contributed by atoms with Crippen molar-refractivity contribution in [1.29, 1.82) is 0 Å². The summed E-state index contributed by atoms with van der Waals surface area (Å²) >= 11 is 0. The normalized spacial score (nSPS) is 17.4. The highest BCUT2D eigenvalue weighted by atomic mass is 16.4. The van der Waals surface area contributed by atoms with E-state index in [1.165, 1.54) is 25.7 Å². The highest BCUT2D eigenvalue weighted by Gasteiger charge is 2.21. The van der Waals surface area contributed by atoms with Crippen molar-refractivity contribution >= 4 is 0 Å². The SMILES string of the molecule is C[C@H](NCc1nnc(-c2ccccc2)o1)C1CCCC1. The number of nitrogens with one attached hydrogen (secondary N) is 1. The maximum absolute atomic E-state index is 5.70. The first-order valence-corrected chi connectivity index (χ1v) is 7.44. The highest BCUT2D eigenvalue weighted by Crippen LogP contribution is 2.27. The molecule has 0 aliphatic heterocycles. The molecule has 1 fully saturated rings. The van der Waals surface area contributed by atoms with Crippen LogP contribution >= 0.6 is 0 Å². The van der Waals surface area contributed by atoms with E-state index >= 15 is 0 Å². The molecule has 106 valence electrons. The summed E-state index contributed by atoms with van der Waals surface area (Å²) in [5, 5.41) is 11.7. The summed E-state index contributed by atoms with van der Waals surface area (Å²) in [7, 11) is 0. The zero-order chi connectivity index (χ0) is 13.8. The molecule has 1 heterocycles. The van der Waals surface area contributed by atoms with Crippen LogP contribution in [-0.2, 0) is 6.54 Å². The molecule has 1 aliphatic carbocycles. The molecular formula is C16H21N3O. The Morgan fingerprint density at radius 1 is 1.20 bits per heavy atom. The molecule has 20 heavy (non-hydrogen) atoms. The minimum Gasteiger partial charge on any atom is -0.419 e. The summed E-state index contributed by atoms with van der Waals surface area (Å²) in [5.41, 5.74) is 0.968. The molecule has 0 radical (unpaired) electrons. The number of benzene rings is 1. The van der Waals surface area contributed by atoms with Crippen LogP contribution in [0.25, 0.3) is 11.5 Å². The van der Waals surface area contributed by atoms with Gasteiger partial charge in [-0.05, 0) is 37.8 Å². The van der Waals surface area contributed by atoms with Crippen LogP contribution in [0.4, 0.5) is 0 Å². The van der Waals surface area contributed by atoms with Gasteiger partial charge in [0.1, 0.15) is 0 Å². The van der Waals surface area contributed by atoms with Crippen LogP contribution in [0.2, 0.25) is 0 Å². The molecule has 0 amide bonds. The van der Waals surface area contributed by atoms with E-state index in [2.05, 4.69) is 22.4 Å². The average Bonchev–Trinajstić information content (AvgIpc) is 3.17. The van der Waals surface area contributed by atoms with Crippen LogP contribution < -0.4 is 5.32 Å². The first kappa shape index (κ1) is 13.3. The second-order valence-electron chi connectivity index (χ2n) is 5.58. The Hall–Kier alpha value is -1.68. The van der Waals surface area contributed by atoms with Crippen LogP contribution in [0.5, 0.6) is 0 Å². The third kappa shape index (κ3) is 3.07.